The van der Waals surface area contributed by atoms with Gasteiger partial charge < -0.3 is 15.0 Å². The molecule has 4 rings (SSSR count). The number of aromatic nitrogens is 1. The first kappa shape index (κ1) is 22.0. The van der Waals surface area contributed by atoms with Crippen molar-refractivity contribution in [2.75, 3.05) is 19.0 Å². The molecule has 1 N–H and O–H groups in total. The van der Waals surface area contributed by atoms with Crippen LogP contribution in [0, 0.1) is 5.82 Å². The summed E-state index contributed by atoms with van der Waals surface area (Å²) in [4.78, 5) is 19.2. The predicted octanol–water partition coefficient (Wildman–Crippen LogP) is 5.68. The Kier molecular flexibility index (Phi) is 6.64. The number of amides is 1. The van der Waals surface area contributed by atoms with Crippen molar-refractivity contribution in [3.05, 3.63) is 108 Å². The molecule has 1 heterocycles. The molecule has 0 atom stereocenters. The lowest BCUT2D eigenvalue weighted by atomic mass is 10.1. The van der Waals surface area contributed by atoms with Crippen molar-refractivity contribution in [3.8, 4) is 22.8 Å². The summed E-state index contributed by atoms with van der Waals surface area (Å²) < 4.78 is 18.8. The summed E-state index contributed by atoms with van der Waals surface area (Å²) in [6.45, 7) is 0.424. The van der Waals surface area contributed by atoms with E-state index >= 15 is 0 Å². The Morgan fingerprint density at radius 1 is 0.879 bits per heavy atom. The fourth-order valence-corrected chi connectivity index (χ4v) is 3.24. The Hall–Kier alpha value is -4.19. The Morgan fingerprint density at radius 2 is 1.52 bits per heavy atom. The van der Waals surface area contributed by atoms with Crippen molar-refractivity contribution in [1.29, 1.82) is 0 Å². The molecule has 33 heavy (non-hydrogen) atoms. The Balaban J connectivity index is 1.40. The van der Waals surface area contributed by atoms with E-state index in [-0.39, 0.29) is 11.7 Å². The average Bonchev–Trinajstić information content (AvgIpc) is 2.85. The van der Waals surface area contributed by atoms with Gasteiger partial charge in [0.2, 0.25) is 0 Å². The standard InChI is InChI=1S/C27H24FN3O2/c1-31(2)22-12-6-19(7-13-22)18-29-27(32)26-5-3-4-25(30-26)20-8-14-23(15-9-20)33-24-16-10-21(28)11-17-24/h3-17H,18H2,1-2H3,(H,29,32). The van der Waals surface area contributed by atoms with Crippen molar-refractivity contribution < 1.29 is 13.9 Å². The van der Waals surface area contributed by atoms with E-state index in [2.05, 4.69) is 10.3 Å². The molecule has 6 heteroatoms. The van der Waals surface area contributed by atoms with E-state index in [4.69, 9.17) is 4.74 Å². The van der Waals surface area contributed by atoms with E-state index < -0.39 is 0 Å². The van der Waals surface area contributed by atoms with Gasteiger partial charge in [0.25, 0.3) is 5.91 Å². The van der Waals surface area contributed by atoms with Crippen molar-refractivity contribution >= 4 is 11.6 Å². The van der Waals surface area contributed by atoms with Crippen LogP contribution in [0.4, 0.5) is 10.1 Å². The lowest BCUT2D eigenvalue weighted by Gasteiger charge is -2.13. The Bertz CT molecular complexity index is 1220. The van der Waals surface area contributed by atoms with Gasteiger partial charge in [-0.25, -0.2) is 9.37 Å². The highest BCUT2D eigenvalue weighted by molar-refractivity contribution is 5.92. The maximum absolute atomic E-state index is 13.0. The smallest absolute Gasteiger partial charge is 0.270 e. The minimum Gasteiger partial charge on any atom is -0.457 e. The Morgan fingerprint density at radius 3 is 2.15 bits per heavy atom. The number of rotatable bonds is 7. The molecule has 5 nitrogen and oxygen atoms in total. The molecule has 0 fully saturated rings. The van der Waals surface area contributed by atoms with Gasteiger partial charge in [-0.15, -0.1) is 0 Å². The van der Waals surface area contributed by atoms with Gasteiger partial charge in [0.1, 0.15) is 23.0 Å². The number of hydrogen-bond donors (Lipinski definition) is 1. The number of nitrogens with zero attached hydrogens (tertiary/aromatic N) is 2. The molecule has 0 saturated heterocycles. The van der Waals surface area contributed by atoms with Crippen molar-refractivity contribution in [1.82, 2.24) is 10.3 Å². The van der Waals surface area contributed by atoms with Crippen LogP contribution in [0.5, 0.6) is 11.5 Å². The van der Waals surface area contributed by atoms with Crippen LogP contribution in [0.3, 0.4) is 0 Å². The molecule has 0 unspecified atom stereocenters. The van der Waals surface area contributed by atoms with Gasteiger partial charge in [-0.1, -0.05) is 18.2 Å². The summed E-state index contributed by atoms with van der Waals surface area (Å²) >= 11 is 0. The van der Waals surface area contributed by atoms with Crippen LogP contribution in [-0.4, -0.2) is 25.0 Å². The van der Waals surface area contributed by atoms with Gasteiger partial charge in [0, 0.05) is 31.9 Å². The second kappa shape index (κ2) is 9.96. The van der Waals surface area contributed by atoms with Gasteiger partial charge in [-0.3, -0.25) is 4.79 Å². The normalized spacial score (nSPS) is 10.5. The summed E-state index contributed by atoms with van der Waals surface area (Å²) in [5.41, 5.74) is 4.01. The summed E-state index contributed by atoms with van der Waals surface area (Å²) in [7, 11) is 3.98. The molecular weight excluding hydrogens is 417 g/mol. The van der Waals surface area contributed by atoms with E-state index in [9.17, 15) is 9.18 Å². The molecule has 1 aromatic heterocycles. The van der Waals surface area contributed by atoms with Gasteiger partial charge in [0.15, 0.2) is 0 Å². The summed E-state index contributed by atoms with van der Waals surface area (Å²) in [5.74, 6) is 0.636. The highest BCUT2D eigenvalue weighted by atomic mass is 19.1. The SMILES string of the molecule is CN(C)c1ccc(CNC(=O)c2cccc(-c3ccc(Oc4ccc(F)cc4)cc3)n2)cc1. The topological polar surface area (TPSA) is 54.5 Å². The lowest BCUT2D eigenvalue weighted by Crippen LogP contribution is -2.23. The minimum atomic E-state index is -0.310. The molecular formula is C27H24FN3O2. The first-order valence-corrected chi connectivity index (χ1v) is 10.5. The van der Waals surface area contributed by atoms with Crippen LogP contribution in [0.1, 0.15) is 16.1 Å². The molecule has 0 radical (unpaired) electrons. The van der Waals surface area contributed by atoms with E-state index in [0.717, 1.165) is 16.8 Å². The van der Waals surface area contributed by atoms with Crippen LogP contribution in [0.25, 0.3) is 11.3 Å². The second-order valence-electron chi connectivity index (χ2n) is 7.73. The van der Waals surface area contributed by atoms with Gasteiger partial charge in [-0.2, -0.15) is 0 Å². The molecule has 0 spiro atoms. The lowest BCUT2D eigenvalue weighted by molar-refractivity contribution is 0.0946. The number of carbonyl (C=O) groups excluding carboxylic acids is 1. The molecule has 166 valence electrons. The summed E-state index contributed by atoms with van der Waals surface area (Å²) in [6.07, 6.45) is 0. The van der Waals surface area contributed by atoms with Crippen LogP contribution < -0.4 is 15.0 Å². The number of ether oxygens (including phenoxy) is 1. The largest absolute Gasteiger partial charge is 0.457 e. The molecule has 0 aliphatic heterocycles. The number of benzene rings is 3. The van der Waals surface area contributed by atoms with Crippen molar-refractivity contribution in [2.45, 2.75) is 6.54 Å². The number of halogens is 1. The summed E-state index contributed by atoms with van der Waals surface area (Å²) in [6, 6.07) is 26.6. The van der Waals surface area contributed by atoms with Crippen LogP contribution in [0.15, 0.2) is 91.0 Å². The number of carbonyl (C=O) groups is 1. The second-order valence-corrected chi connectivity index (χ2v) is 7.73. The highest BCUT2D eigenvalue weighted by Crippen LogP contribution is 2.25. The van der Waals surface area contributed by atoms with Crippen molar-refractivity contribution in [3.63, 3.8) is 0 Å². The zero-order valence-corrected chi connectivity index (χ0v) is 18.5. The number of pyridine rings is 1. The van der Waals surface area contributed by atoms with Gasteiger partial charge in [0.05, 0.1) is 5.69 Å². The molecule has 0 aliphatic rings. The Labute approximate surface area is 192 Å². The first-order valence-electron chi connectivity index (χ1n) is 10.5. The zero-order chi connectivity index (χ0) is 23.2. The van der Waals surface area contributed by atoms with E-state index in [0.29, 0.717) is 29.4 Å². The third kappa shape index (κ3) is 5.74. The zero-order valence-electron chi connectivity index (χ0n) is 18.5. The number of nitrogens with one attached hydrogen (secondary N) is 1. The maximum atomic E-state index is 13.0. The van der Waals surface area contributed by atoms with Crippen LogP contribution in [0.2, 0.25) is 0 Å². The average molecular weight is 442 g/mol. The minimum absolute atomic E-state index is 0.232. The first-order chi connectivity index (χ1) is 16.0. The fraction of sp³-hybridized carbons (Fsp3) is 0.111. The molecule has 1 amide bonds. The molecule has 0 aliphatic carbocycles. The van der Waals surface area contributed by atoms with Gasteiger partial charge >= 0.3 is 0 Å². The van der Waals surface area contributed by atoms with E-state index in [1.807, 2.05) is 79.7 Å². The monoisotopic (exact) mass is 441 g/mol. The fourth-order valence-electron chi connectivity index (χ4n) is 3.24. The highest BCUT2D eigenvalue weighted by Gasteiger charge is 2.09. The predicted molar refractivity (Wildman–Crippen MR) is 128 cm³/mol. The number of hydrogen-bond acceptors (Lipinski definition) is 4. The van der Waals surface area contributed by atoms with E-state index in [1.165, 1.54) is 12.1 Å². The third-order valence-electron chi connectivity index (χ3n) is 5.09. The molecule has 0 bridgehead atoms. The molecule has 4 aromatic rings. The van der Waals surface area contributed by atoms with Crippen LogP contribution in [-0.2, 0) is 6.54 Å². The van der Waals surface area contributed by atoms with Crippen LogP contribution >= 0.6 is 0 Å². The number of anilines is 1. The third-order valence-corrected chi connectivity index (χ3v) is 5.09. The quantitative estimate of drug-likeness (QED) is 0.401. The maximum Gasteiger partial charge on any atom is 0.270 e. The van der Waals surface area contributed by atoms with E-state index in [1.54, 1.807) is 18.2 Å². The molecule has 0 saturated carbocycles. The summed E-state index contributed by atoms with van der Waals surface area (Å²) in [5, 5.41) is 2.92. The van der Waals surface area contributed by atoms with Crippen molar-refractivity contribution in [2.24, 2.45) is 0 Å². The van der Waals surface area contributed by atoms with Gasteiger partial charge in [-0.05, 0) is 78.4 Å². The molecule has 3 aromatic carbocycles.